The Morgan fingerprint density at radius 3 is 2.62 bits per heavy atom. The standard InChI is InChI=1S/C19H21NO/c1-13-7-8-15(9-14(13)2)10-19(21)18-11-16-5-3-4-6-17(16)12-20-18/h3-9,18,20H,10-12H2,1-2H3. The van der Waals surface area contributed by atoms with Crippen molar-refractivity contribution in [2.75, 3.05) is 0 Å². The highest BCUT2D eigenvalue weighted by Gasteiger charge is 2.23. The fourth-order valence-electron chi connectivity index (χ4n) is 2.92. The number of aryl methyl sites for hydroxylation is 2. The van der Waals surface area contributed by atoms with Crippen molar-refractivity contribution in [2.45, 2.75) is 39.3 Å². The number of rotatable bonds is 3. The van der Waals surface area contributed by atoms with Crippen LogP contribution in [-0.2, 0) is 24.2 Å². The normalized spacial score (nSPS) is 17.3. The summed E-state index contributed by atoms with van der Waals surface area (Å²) in [7, 11) is 0. The van der Waals surface area contributed by atoms with Crippen LogP contribution in [0.2, 0.25) is 0 Å². The number of fused-ring (bicyclic) bond motifs is 1. The van der Waals surface area contributed by atoms with Crippen molar-refractivity contribution in [3.63, 3.8) is 0 Å². The smallest absolute Gasteiger partial charge is 0.154 e. The molecule has 0 spiro atoms. The quantitative estimate of drug-likeness (QED) is 0.935. The fourth-order valence-corrected chi connectivity index (χ4v) is 2.92. The largest absolute Gasteiger partial charge is 0.303 e. The summed E-state index contributed by atoms with van der Waals surface area (Å²) in [5.74, 6) is 0.285. The zero-order chi connectivity index (χ0) is 14.8. The Morgan fingerprint density at radius 1 is 1.10 bits per heavy atom. The van der Waals surface area contributed by atoms with E-state index in [0.717, 1.165) is 18.5 Å². The third kappa shape index (κ3) is 3.06. The van der Waals surface area contributed by atoms with Gasteiger partial charge in [0.05, 0.1) is 6.04 Å². The van der Waals surface area contributed by atoms with Crippen LogP contribution in [0.25, 0.3) is 0 Å². The summed E-state index contributed by atoms with van der Waals surface area (Å²) in [6.45, 7) is 4.98. The molecular weight excluding hydrogens is 258 g/mol. The summed E-state index contributed by atoms with van der Waals surface area (Å²) in [6.07, 6.45) is 1.32. The molecule has 0 amide bonds. The summed E-state index contributed by atoms with van der Waals surface area (Å²) in [5.41, 5.74) is 6.25. The maximum absolute atomic E-state index is 12.5. The Bertz CT molecular complexity index is 675. The van der Waals surface area contributed by atoms with Crippen molar-refractivity contribution in [3.8, 4) is 0 Å². The van der Waals surface area contributed by atoms with E-state index in [1.54, 1.807) is 0 Å². The molecule has 3 rings (SSSR count). The number of carbonyl (C=O) groups excluding carboxylic acids is 1. The minimum atomic E-state index is -0.0542. The van der Waals surface area contributed by atoms with Crippen molar-refractivity contribution < 1.29 is 4.79 Å². The van der Waals surface area contributed by atoms with Gasteiger partial charge in [0.25, 0.3) is 0 Å². The molecular formula is C19H21NO. The first kappa shape index (κ1) is 14.0. The molecule has 0 bridgehead atoms. The fraction of sp³-hybridized carbons (Fsp3) is 0.316. The predicted octanol–water partition coefficient (Wildman–Crippen LogP) is 3.13. The number of hydrogen-bond donors (Lipinski definition) is 1. The average molecular weight is 279 g/mol. The van der Waals surface area contributed by atoms with Crippen LogP contribution in [0.5, 0.6) is 0 Å². The van der Waals surface area contributed by atoms with E-state index in [0.29, 0.717) is 6.42 Å². The molecule has 0 fully saturated rings. The Kier molecular flexibility index (Phi) is 3.89. The molecule has 108 valence electrons. The lowest BCUT2D eigenvalue weighted by atomic mass is 9.91. The lowest BCUT2D eigenvalue weighted by molar-refractivity contribution is -0.120. The number of hydrogen-bond acceptors (Lipinski definition) is 2. The first-order valence-electron chi connectivity index (χ1n) is 7.52. The van der Waals surface area contributed by atoms with Crippen molar-refractivity contribution in [1.82, 2.24) is 5.32 Å². The Labute approximate surface area is 126 Å². The molecule has 2 aromatic rings. The number of nitrogens with one attached hydrogen (secondary N) is 1. The van der Waals surface area contributed by atoms with E-state index in [4.69, 9.17) is 0 Å². The number of Topliss-reactive ketones (excluding diaryl/α,β-unsaturated/α-hetero) is 1. The van der Waals surface area contributed by atoms with E-state index >= 15 is 0 Å². The van der Waals surface area contributed by atoms with Gasteiger partial charge >= 0.3 is 0 Å². The van der Waals surface area contributed by atoms with Gasteiger partial charge in [-0.15, -0.1) is 0 Å². The van der Waals surface area contributed by atoms with Gasteiger partial charge in [-0.2, -0.15) is 0 Å². The summed E-state index contributed by atoms with van der Waals surface area (Å²) >= 11 is 0. The highest BCUT2D eigenvalue weighted by atomic mass is 16.1. The first-order valence-corrected chi connectivity index (χ1v) is 7.52. The second kappa shape index (κ2) is 5.82. The molecule has 1 atom stereocenters. The molecule has 0 saturated heterocycles. The van der Waals surface area contributed by atoms with Crippen molar-refractivity contribution in [1.29, 1.82) is 0 Å². The molecule has 2 heteroatoms. The van der Waals surface area contributed by atoms with Crippen LogP contribution in [0.1, 0.15) is 27.8 Å². The topological polar surface area (TPSA) is 29.1 Å². The van der Waals surface area contributed by atoms with Gasteiger partial charge in [-0.25, -0.2) is 0 Å². The van der Waals surface area contributed by atoms with E-state index in [1.165, 1.54) is 22.3 Å². The van der Waals surface area contributed by atoms with Crippen LogP contribution < -0.4 is 5.32 Å². The predicted molar refractivity (Wildman–Crippen MR) is 85.4 cm³/mol. The number of ketones is 1. The van der Waals surface area contributed by atoms with E-state index < -0.39 is 0 Å². The van der Waals surface area contributed by atoms with E-state index in [-0.39, 0.29) is 11.8 Å². The molecule has 2 aromatic carbocycles. The molecule has 1 N–H and O–H groups in total. The third-order valence-electron chi connectivity index (χ3n) is 4.42. The first-order chi connectivity index (χ1) is 10.1. The maximum Gasteiger partial charge on any atom is 0.154 e. The zero-order valence-electron chi connectivity index (χ0n) is 12.6. The highest BCUT2D eigenvalue weighted by molar-refractivity contribution is 5.86. The monoisotopic (exact) mass is 279 g/mol. The van der Waals surface area contributed by atoms with Crippen molar-refractivity contribution >= 4 is 5.78 Å². The average Bonchev–Trinajstić information content (AvgIpc) is 2.50. The van der Waals surface area contributed by atoms with Crippen molar-refractivity contribution in [3.05, 3.63) is 70.3 Å². The molecule has 0 saturated carbocycles. The molecule has 1 heterocycles. The zero-order valence-corrected chi connectivity index (χ0v) is 12.6. The van der Waals surface area contributed by atoms with Crippen LogP contribution in [0, 0.1) is 13.8 Å². The van der Waals surface area contributed by atoms with Gasteiger partial charge in [0.15, 0.2) is 5.78 Å². The summed E-state index contributed by atoms with van der Waals surface area (Å²) in [4.78, 5) is 12.5. The van der Waals surface area contributed by atoms with Crippen LogP contribution in [-0.4, -0.2) is 11.8 Å². The van der Waals surface area contributed by atoms with Gasteiger partial charge in [0.1, 0.15) is 0 Å². The molecule has 1 unspecified atom stereocenters. The Morgan fingerprint density at radius 2 is 1.86 bits per heavy atom. The minimum absolute atomic E-state index is 0.0542. The molecule has 1 aliphatic rings. The maximum atomic E-state index is 12.5. The SMILES string of the molecule is Cc1ccc(CC(=O)C2Cc3ccccc3CN2)cc1C. The Hall–Kier alpha value is -1.93. The van der Waals surface area contributed by atoms with Crippen molar-refractivity contribution in [2.24, 2.45) is 0 Å². The van der Waals surface area contributed by atoms with Crippen LogP contribution in [0.4, 0.5) is 0 Å². The van der Waals surface area contributed by atoms with Gasteiger partial charge in [-0.1, -0.05) is 42.5 Å². The molecule has 21 heavy (non-hydrogen) atoms. The van der Waals surface area contributed by atoms with Gasteiger partial charge in [0.2, 0.25) is 0 Å². The lowest BCUT2D eigenvalue weighted by Crippen LogP contribution is -2.42. The minimum Gasteiger partial charge on any atom is -0.303 e. The van der Waals surface area contributed by atoms with E-state index in [2.05, 4.69) is 61.6 Å². The van der Waals surface area contributed by atoms with Gasteiger partial charge < -0.3 is 5.32 Å². The number of carbonyl (C=O) groups is 1. The summed E-state index contributed by atoms with van der Waals surface area (Å²) in [5, 5.41) is 3.37. The van der Waals surface area contributed by atoms with Gasteiger partial charge in [-0.05, 0) is 48.1 Å². The molecule has 0 aliphatic carbocycles. The van der Waals surface area contributed by atoms with Crippen LogP contribution in [0.3, 0.4) is 0 Å². The molecule has 1 aliphatic heterocycles. The molecule has 2 nitrogen and oxygen atoms in total. The Balaban J connectivity index is 1.70. The molecule has 0 aromatic heterocycles. The van der Waals surface area contributed by atoms with E-state index in [1.807, 2.05) is 0 Å². The molecule has 0 radical (unpaired) electrons. The van der Waals surface area contributed by atoms with Crippen LogP contribution >= 0.6 is 0 Å². The third-order valence-corrected chi connectivity index (χ3v) is 4.42. The second-order valence-electron chi connectivity index (χ2n) is 5.97. The summed E-state index contributed by atoms with van der Waals surface area (Å²) < 4.78 is 0. The van der Waals surface area contributed by atoms with Crippen LogP contribution in [0.15, 0.2) is 42.5 Å². The summed E-state index contributed by atoms with van der Waals surface area (Å²) in [6, 6.07) is 14.6. The number of benzene rings is 2. The van der Waals surface area contributed by atoms with Gasteiger partial charge in [-0.3, -0.25) is 4.79 Å². The second-order valence-corrected chi connectivity index (χ2v) is 5.97. The van der Waals surface area contributed by atoms with E-state index in [9.17, 15) is 4.79 Å². The van der Waals surface area contributed by atoms with Gasteiger partial charge in [0, 0.05) is 13.0 Å². The lowest BCUT2D eigenvalue weighted by Gasteiger charge is -2.25. The highest BCUT2D eigenvalue weighted by Crippen LogP contribution is 2.18.